The maximum atomic E-state index is 13.3. The van der Waals surface area contributed by atoms with Crippen LogP contribution in [-0.2, 0) is 5.75 Å². The van der Waals surface area contributed by atoms with Crippen molar-refractivity contribution in [3.05, 3.63) is 107 Å². The summed E-state index contributed by atoms with van der Waals surface area (Å²) in [6.07, 6.45) is 3.74. The lowest BCUT2D eigenvalue weighted by atomic mass is 10.1. The molecule has 3 nitrogen and oxygen atoms in total. The lowest BCUT2D eigenvalue weighted by Crippen LogP contribution is -1.95. The Bertz CT molecular complexity index is 1330. The van der Waals surface area contributed by atoms with Crippen LogP contribution in [0.3, 0.4) is 0 Å². The first-order valence-electron chi connectivity index (χ1n) is 9.74. The van der Waals surface area contributed by atoms with Gasteiger partial charge in [0.1, 0.15) is 22.8 Å². The number of hydrogen-bond donors (Lipinski definition) is 0. The Labute approximate surface area is 192 Å². The first-order chi connectivity index (χ1) is 15.2. The number of hydrogen-bond acceptors (Lipinski definition) is 3. The van der Waals surface area contributed by atoms with Gasteiger partial charge in [0, 0.05) is 27.7 Å². The van der Waals surface area contributed by atoms with Gasteiger partial charge < -0.3 is 4.57 Å². The zero-order valence-corrected chi connectivity index (χ0v) is 18.8. The summed E-state index contributed by atoms with van der Waals surface area (Å²) in [5.41, 5.74) is 5.13. The van der Waals surface area contributed by atoms with Crippen LogP contribution >= 0.6 is 27.7 Å². The first kappa shape index (κ1) is 20.0. The minimum Gasteiger partial charge on any atom is -0.301 e. The first-order valence-corrected chi connectivity index (χ1v) is 11.5. The van der Waals surface area contributed by atoms with Crippen LogP contribution < -0.4 is 0 Å². The number of nitrogens with zero attached hydrogens (tertiary/aromatic N) is 3. The van der Waals surface area contributed by atoms with Gasteiger partial charge in [-0.05, 0) is 47.5 Å². The summed E-state index contributed by atoms with van der Waals surface area (Å²) in [6, 6.07) is 25.1. The van der Waals surface area contributed by atoms with Gasteiger partial charge in [0.2, 0.25) is 0 Å². The van der Waals surface area contributed by atoms with E-state index in [1.807, 2.05) is 42.5 Å². The highest BCUT2D eigenvalue weighted by Gasteiger charge is 2.17. The van der Waals surface area contributed by atoms with Gasteiger partial charge in [0.05, 0.1) is 5.39 Å². The van der Waals surface area contributed by atoms with E-state index in [0.29, 0.717) is 5.75 Å². The summed E-state index contributed by atoms with van der Waals surface area (Å²) in [7, 11) is 0. The van der Waals surface area contributed by atoms with E-state index in [1.54, 1.807) is 18.1 Å². The quantitative estimate of drug-likeness (QED) is 0.192. The fourth-order valence-electron chi connectivity index (χ4n) is 3.51. The van der Waals surface area contributed by atoms with Crippen LogP contribution in [0.4, 0.5) is 4.39 Å². The normalized spacial score (nSPS) is 11.2. The molecule has 2 aromatic heterocycles. The van der Waals surface area contributed by atoms with Crippen LogP contribution in [0.25, 0.3) is 27.8 Å². The van der Waals surface area contributed by atoms with Crippen molar-refractivity contribution in [3.8, 4) is 16.8 Å². The van der Waals surface area contributed by atoms with E-state index >= 15 is 0 Å². The summed E-state index contributed by atoms with van der Waals surface area (Å²) < 4.78 is 16.4. The average Bonchev–Trinajstić information content (AvgIpc) is 3.20. The predicted molar refractivity (Wildman–Crippen MR) is 128 cm³/mol. The second-order valence-corrected chi connectivity index (χ2v) is 8.93. The number of thioether (sulfide) groups is 1. The van der Waals surface area contributed by atoms with E-state index in [9.17, 15) is 4.39 Å². The van der Waals surface area contributed by atoms with Crippen LogP contribution in [0.5, 0.6) is 0 Å². The van der Waals surface area contributed by atoms with E-state index in [1.165, 1.54) is 12.1 Å². The molecule has 5 aromatic rings. The highest BCUT2D eigenvalue weighted by molar-refractivity contribution is 9.10. The van der Waals surface area contributed by atoms with Crippen molar-refractivity contribution in [2.75, 3.05) is 0 Å². The minimum atomic E-state index is -0.226. The zero-order chi connectivity index (χ0) is 21.2. The molecule has 0 N–H and O–H groups in total. The van der Waals surface area contributed by atoms with Gasteiger partial charge in [-0.25, -0.2) is 14.4 Å². The molecule has 0 saturated heterocycles. The molecule has 2 heterocycles. The Morgan fingerprint density at radius 3 is 2.35 bits per heavy atom. The lowest BCUT2D eigenvalue weighted by molar-refractivity contribution is 0.627. The molecule has 31 heavy (non-hydrogen) atoms. The number of rotatable bonds is 5. The molecule has 0 aliphatic heterocycles. The van der Waals surface area contributed by atoms with E-state index in [0.717, 1.165) is 42.9 Å². The standard InChI is InChI=1S/C25H17BrFN3S/c26-19-8-12-21(13-9-19)30-14-22(18-4-2-1-3-5-18)23-24(30)28-16-29-25(23)31-15-17-6-10-20(27)11-7-17/h1-14,16H,15H2. The van der Waals surface area contributed by atoms with E-state index in [2.05, 4.69) is 60.9 Å². The molecule has 0 aliphatic carbocycles. The van der Waals surface area contributed by atoms with Gasteiger partial charge in [0.25, 0.3) is 0 Å². The summed E-state index contributed by atoms with van der Waals surface area (Å²) in [5.74, 6) is 0.473. The van der Waals surface area contributed by atoms with Gasteiger partial charge in [-0.1, -0.05) is 58.4 Å². The number of fused-ring (bicyclic) bond motifs is 1. The molecule has 5 rings (SSSR count). The van der Waals surface area contributed by atoms with Crippen molar-refractivity contribution in [1.82, 2.24) is 14.5 Å². The average molecular weight is 490 g/mol. The smallest absolute Gasteiger partial charge is 0.149 e. The molecular formula is C25H17BrFN3S. The third-order valence-electron chi connectivity index (χ3n) is 5.03. The molecule has 0 atom stereocenters. The largest absolute Gasteiger partial charge is 0.301 e. The molecule has 0 amide bonds. The van der Waals surface area contributed by atoms with Crippen LogP contribution in [0, 0.1) is 5.82 Å². The van der Waals surface area contributed by atoms with Gasteiger partial charge >= 0.3 is 0 Å². The summed E-state index contributed by atoms with van der Waals surface area (Å²) in [4.78, 5) is 9.23. The molecule has 0 saturated carbocycles. The van der Waals surface area contributed by atoms with Crippen molar-refractivity contribution < 1.29 is 4.39 Å². The maximum absolute atomic E-state index is 13.3. The Balaban J connectivity index is 1.64. The molecule has 0 radical (unpaired) electrons. The summed E-state index contributed by atoms with van der Waals surface area (Å²) in [6.45, 7) is 0. The second kappa shape index (κ2) is 8.65. The van der Waals surface area contributed by atoms with E-state index < -0.39 is 0 Å². The molecule has 0 spiro atoms. The van der Waals surface area contributed by atoms with Gasteiger partial charge in [-0.2, -0.15) is 0 Å². The number of halogens is 2. The number of benzene rings is 3. The fraction of sp³-hybridized carbons (Fsp3) is 0.0400. The summed E-state index contributed by atoms with van der Waals surface area (Å²) in [5, 5.41) is 1.92. The Hall–Kier alpha value is -2.96. The third kappa shape index (κ3) is 4.13. The lowest BCUT2D eigenvalue weighted by Gasteiger charge is -2.07. The minimum absolute atomic E-state index is 0.226. The fourth-order valence-corrected chi connectivity index (χ4v) is 4.74. The van der Waals surface area contributed by atoms with Crippen molar-refractivity contribution >= 4 is 38.7 Å². The molecular weight excluding hydrogens is 473 g/mol. The van der Waals surface area contributed by atoms with Crippen LogP contribution in [-0.4, -0.2) is 14.5 Å². The molecule has 152 valence electrons. The zero-order valence-electron chi connectivity index (χ0n) is 16.4. The van der Waals surface area contributed by atoms with Crippen LogP contribution in [0.1, 0.15) is 5.56 Å². The molecule has 0 bridgehead atoms. The molecule has 0 aliphatic rings. The van der Waals surface area contributed by atoms with Crippen molar-refractivity contribution in [2.45, 2.75) is 10.8 Å². The topological polar surface area (TPSA) is 30.7 Å². The number of aromatic nitrogens is 3. The van der Waals surface area contributed by atoms with Crippen molar-refractivity contribution in [2.24, 2.45) is 0 Å². The van der Waals surface area contributed by atoms with Gasteiger partial charge in [-0.15, -0.1) is 11.8 Å². The van der Waals surface area contributed by atoms with E-state index in [-0.39, 0.29) is 5.82 Å². The maximum Gasteiger partial charge on any atom is 0.149 e. The third-order valence-corrected chi connectivity index (χ3v) is 6.62. The summed E-state index contributed by atoms with van der Waals surface area (Å²) >= 11 is 5.14. The van der Waals surface area contributed by atoms with Crippen molar-refractivity contribution in [1.29, 1.82) is 0 Å². The Morgan fingerprint density at radius 1 is 0.871 bits per heavy atom. The van der Waals surface area contributed by atoms with Crippen LogP contribution in [0.2, 0.25) is 0 Å². The highest BCUT2D eigenvalue weighted by Crippen LogP contribution is 2.37. The molecule has 0 fully saturated rings. The molecule has 0 unspecified atom stereocenters. The Morgan fingerprint density at radius 2 is 1.61 bits per heavy atom. The second-order valence-electron chi connectivity index (χ2n) is 7.05. The van der Waals surface area contributed by atoms with Crippen molar-refractivity contribution in [3.63, 3.8) is 0 Å². The molecule has 6 heteroatoms. The SMILES string of the molecule is Fc1ccc(CSc2ncnc3c2c(-c2ccccc2)cn3-c2ccc(Br)cc2)cc1. The van der Waals surface area contributed by atoms with Crippen LogP contribution in [0.15, 0.2) is 101 Å². The highest BCUT2D eigenvalue weighted by atomic mass is 79.9. The Kier molecular flexibility index (Phi) is 5.57. The van der Waals surface area contributed by atoms with Gasteiger partial charge in [0.15, 0.2) is 0 Å². The van der Waals surface area contributed by atoms with E-state index in [4.69, 9.17) is 0 Å². The molecule has 3 aromatic carbocycles. The monoisotopic (exact) mass is 489 g/mol. The van der Waals surface area contributed by atoms with Gasteiger partial charge in [-0.3, -0.25) is 0 Å². The predicted octanol–water partition coefficient (Wildman–Crippen LogP) is 7.28.